The van der Waals surface area contributed by atoms with Crippen LogP contribution in [0.2, 0.25) is 0 Å². The number of rotatable bonds is 6. The van der Waals surface area contributed by atoms with Gasteiger partial charge in [-0.3, -0.25) is 9.78 Å². The normalized spacial score (nSPS) is 14.2. The number of aryl methyl sites for hydroxylation is 2. The standard InChI is InChI=1S/C28H22F3N7O/c1-17-5-6-19(10-25(17)37-27-33-9-7-24(36-27)20-4-3-8-32-14-20)26(39)35-22-11-21(28(29,30)31)12-23(13-22)38-15-18(2)34-16-38/h3-16H,1-2H3,(H,35,39)(H,33,36,37)/i1D3,7D,9D,15D,16D. The van der Waals surface area contributed by atoms with Crippen LogP contribution in [0.15, 0.2) is 85.6 Å². The summed E-state index contributed by atoms with van der Waals surface area (Å²) >= 11 is 0. The monoisotopic (exact) mass is 536 g/mol. The molecule has 2 aromatic carbocycles. The van der Waals surface area contributed by atoms with E-state index in [9.17, 15) is 18.0 Å². The number of nitrogens with zero attached hydrogens (tertiary/aromatic N) is 5. The number of amides is 1. The Balaban J connectivity index is 1.53. The van der Waals surface area contributed by atoms with Crippen molar-refractivity contribution in [3.8, 4) is 16.9 Å². The minimum Gasteiger partial charge on any atom is -0.324 e. The van der Waals surface area contributed by atoms with Crippen molar-refractivity contribution in [1.29, 1.82) is 0 Å². The van der Waals surface area contributed by atoms with Crippen LogP contribution in [-0.2, 0) is 6.18 Å². The van der Waals surface area contributed by atoms with E-state index >= 15 is 0 Å². The summed E-state index contributed by atoms with van der Waals surface area (Å²) in [5.41, 5.74) is -1.71. The Labute approximate surface area is 231 Å². The van der Waals surface area contributed by atoms with Crippen molar-refractivity contribution in [1.82, 2.24) is 24.5 Å². The van der Waals surface area contributed by atoms with Gasteiger partial charge in [-0.2, -0.15) is 13.2 Å². The molecule has 3 heterocycles. The van der Waals surface area contributed by atoms with Gasteiger partial charge in [0.2, 0.25) is 5.95 Å². The van der Waals surface area contributed by atoms with E-state index in [0.717, 1.165) is 28.8 Å². The molecule has 0 radical (unpaired) electrons. The second-order valence-corrected chi connectivity index (χ2v) is 8.22. The highest BCUT2D eigenvalue weighted by Crippen LogP contribution is 2.33. The van der Waals surface area contributed by atoms with Crippen molar-refractivity contribution < 1.29 is 27.6 Å². The zero-order valence-corrected chi connectivity index (χ0v) is 20.1. The SMILES string of the molecule is [2H]c1nc(Nc2cc(C(=O)Nc3cc(-n4c([2H])nc(C)c4[2H])cc(C(F)(F)F)c3)ccc2C([2H])([2H])[2H])nc(-c2cccnc2)c1[2H]. The first kappa shape index (κ1) is 18.2. The molecule has 196 valence electrons. The van der Waals surface area contributed by atoms with E-state index in [1.54, 1.807) is 12.1 Å². The van der Waals surface area contributed by atoms with Gasteiger partial charge in [0, 0.05) is 57.0 Å². The zero-order chi connectivity index (χ0) is 33.6. The highest BCUT2D eigenvalue weighted by atomic mass is 19.4. The highest BCUT2D eigenvalue weighted by molar-refractivity contribution is 6.05. The maximum absolute atomic E-state index is 13.8. The van der Waals surface area contributed by atoms with Crippen LogP contribution in [0.5, 0.6) is 0 Å². The highest BCUT2D eigenvalue weighted by Gasteiger charge is 2.31. The number of aromatic nitrogens is 5. The molecule has 5 aromatic rings. The van der Waals surface area contributed by atoms with E-state index in [1.165, 1.54) is 25.4 Å². The number of hydrogen-bond acceptors (Lipinski definition) is 6. The Morgan fingerprint density at radius 1 is 1.13 bits per heavy atom. The fourth-order valence-electron chi connectivity index (χ4n) is 3.54. The van der Waals surface area contributed by atoms with Gasteiger partial charge < -0.3 is 15.2 Å². The van der Waals surface area contributed by atoms with Crippen LogP contribution < -0.4 is 10.6 Å². The average Bonchev–Trinajstić information content (AvgIpc) is 3.24. The van der Waals surface area contributed by atoms with Crippen molar-refractivity contribution in [3.05, 3.63) is 108 Å². The number of pyridine rings is 1. The molecule has 0 bridgehead atoms. The van der Waals surface area contributed by atoms with Crippen molar-refractivity contribution in [2.24, 2.45) is 0 Å². The van der Waals surface area contributed by atoms with Gasteiger partial charge in [-0.05, 0) is 67.8 Å². The molecular formula is C28H22F3N7O. The van der Waals surface area contributed by atoms with E-state index in [2.05, 4.69) is 30.6 Å². The molecule has 0 aliphatic carbocycles. The minimum atomic E-state index is -4.84. The van der Waals surface area contributed by atoms with E-state index < -0.39 is 37.0 Å². The first-order valence-corrected chi connectivity index (χ1v) is 11.3. The number of halogens is 3. The summed E-state index contributed by atoms with van der Waals surface area (Å²) in [4.78, 5) is 29.3. The van der Waals surface area contributed by atoms with E-state index in [0.29, 0.717) is 11.6 Å². The topological polar surface area (TPSA) is 97.6 Å². The van der Waals surface area contributed by atoms with Crippen molar-refractivity contribution in [2.75, 3.05) is 10.6 Å². The molecule has 5 rings (SSSR count). The number of imidazole rings is 1. The molecule has 2 N–H and O–H groups in total. The summed E-state index contributed by atoms with van der Waals surface area (Å²) in [6, 6.07) is 8.91. The van der Waals surface area contributed by atoms with Gasteiger partial charge in [0.15, 0.2) is 0 Å². The molecule has 3 aromatic heterocycles. The summed E-state index contributed by atoms with van der Waals surface area (Å²) in [6.45, 7) is -1.26. The molecule has 0 saturated heterocycles. The number of anilines is 3. The Bertz CT molecular complexity index is 1970. The smallest absolute Gasteiger partial charge is 0.324 e. The van der Waals surface area contributed by atoms with Gasteiger partial charge in [-0.15, -0.1) is 0 Å². The van der Waals surface area contributed by atoms with Crippen molar-refractivity contribution >= 4 is 23.2 Å². The molecule has 0 spiro atoms. The van der Waals surface area contributed by atoms with Gasteiger partial charge in [0.05, 0.1) is 27.4 Å². The fourth-order valence-corrected chi connectivity index (χ4v) is 3.54. The molecule has 0 saturated carbocycles. The number of benzene rings is 2. The molecule has 11 heteroatoms. The third kappa shape index (κ3) is 5.93. The number of carbonyl (C=O) groups is 1. The lowest BCUT2D eigenvalue weighted by atomic mass is 10.1. The van der Waals surface area contributed by atoms with Crippen molar-refractivity contribution in [3.63, 3.8) is 0 Å². The molecular weight excluding hydrogens is 507 g/mol. The molecule has 0 aliphatic rings. The Hall–Kier alpha value is -5.06. The predicted octanol–water partition coefficient (Wildman–Crippen LogP) is 6.36. The minimum absolute atomic E-state index is 0.0417. The van der Waals surface area contributed by atoms with Crippen LogP contribution in [0.4, 0.5) is 30.5 Å². The lowest BCUT2D eigenvalue weighted by molar-refractivity contribution is -0.137. The number of carbonyl (C=O) groups excluding carboxylic acids is 1. The molecule has 0 fully saturated rings. The van der Waals surface area contributed by atoms with Crippen LogP contribution >= 0.6 is 0 Å². The number of nitrogens with one attached hydrogen (secondary N) is 2. The third-order valence-electron chi connectivity index (χ3n) is 5.37. The van der Waals surface area contributed by atoms with Gasteiger partial charge in [0.1, 0.15) is 1.37 Å². The lowest BCUT2D eigenvalue weighted by Crippen LogP contribution is -2.14. The summed E-state index contributed by atoms with van der Waals surface area (Å²) in [7, 11) is 0. The fraction of sp³-hybridized carbons (Fsp3) is 0.107. The third-order valence-corrected chi connectivity index (χ3v) is 5.37. The summed E-state index contributed by atoms with van der Waals surface area (Å²) in [5, 5.41) is 5.07. The number of hydrogen-bond donors (Lipinski definition) is 2. The Kier molecular flexibility index (Phi) is 4.85. The van der Waals surface area contributed by atoms with Gasteiger partial charge in [0.25, 0.3) is 5.91 Å². The Morgan fingerprint density at radius 2 is 2.00 bits per heavy atom. The molecule has 8 nitrogen and oxygen atoms in total. The summed E-state index contributed by atoms with van der Waals surface area (Å²) in [6.07, 6.45) is -3.16. The maximum atomic E-state index is 13.8. The van der Waals surface area contributed by atoms with Crippen molar-refractivity contribution in [2.45, 2.75) is 20.0 Å². The van der Waals surface area contributed by atoms with E-state index in [-0.39, 0.29) is 57.7 Å². The second kappa shape index (κ2) is 10.4. The van der Waals surface area contributed by atoms with Gasteiger partial charge >= 0.3 is 6.18 Å². The van der Waals surface area contributed by atoms with Gasteiger partial charge in [-0.1, -0.05) is 6.07 Å². The predicted molar refractivity (Wildman–Crippen MR) is 141 cm³/mol. The Morgan fingerprint density at radius 3 is 2.72 bits per heavy atom. The van der Waals surface area contributed by atoms with Crippen LogP contribution in [0.25, 0.3) is 16.9 Å². The summed E-state index contributed by atoms with van der Waals surface area (Å²) < 4.78 is 98.5. The van der Waals surface area contributed by atoms with Crippen LogP contribution in [-0.4, -0.2) is 30.4 Å². The summed E-state index contributed by atoms with van der Waals surface area (Å²) in [5.74, 6) is -1.16. The van der Waals surface area contributed by atoms with E-state index in [4.69, 9.17) is 9.60 Å². The number of alkyl halides is 3. The van der Waals surface area contributed by atoms with Crippen LogP contribution in [0.3, 0.4) is 0 Å². The molecule has 0 atom stereocenters. The average molecular weight is 537 g/mol. The molecule has 0 unspecified atom stereocenters. The molecule has 0 aliphatic heterocycles. The first-order chi connectivity index (χ1) is 21.5. The van der Waals surface area contributed by atoms with Crippen LogP contribution in [0.1, 0.15) is 36.8 Å². The van der Waals surface area contributed by atoms with Crippen LogP contribution in [0, 0.1) is 13.8 Å². The first-order valence-electron chi connectivity index (χ1n) is 14.8. The molecule has 39 heavy (non-hydrogen) atoms. The quantitative estimate of drug-likeness (QED) is 0.262. The van der Waals surface area contributed by atoms with E-state index in [1.807, 2.05) is 0 Å². The largest absolute Gasteiger partial charge is 0.416 e. The lowest BCUT2D eigenvalue weighted by Gasteiger charge is -2.14. The molecule has 1 amide bonds. The maximum Gasteiger partial charge on any atom is 0.416 e. The zero-order valence-electron chi connectivity index (χ0n) is 27.1. The van der Waals surface area contributed by atoms with Gasteiger partial charge in [-0.25, -0.2) is 15.0 Å². The second-order valence-electron chi connectivity index (χ2n) is 8.22.